The molecule has 0 unspecified atom stereocenters. The topological polar surface area (TPSA) is 92.5 Å². The number of benzene rings is 1. The van der Waals surface area contributed by atoms with Crippen LogP contribution in [0.3, 0.4) is 0 Å². The van der Waals surface area contributed by atoms with Crippen molar-refractivity contribution in [1.82, 2.24) is 0 Å². The lowest BCUT2D eigenvalue weighted by Gasteiger charge is -1.99. The highest BCUT2D eigenvalue weighted by molar-refractivity contribution is 5.70. The molecule has 6 heteroatoms. The molecule has 1 aromatic rings. The van der Waals surface area contributed by atoms with E-state index in [2.05, 4.69) is 5.32 Å². The van der Waals surface area contributed by atoms with Crippen LogP contribution in [0.2, 0.25) is 0 Å². The summed E-state index contributed by atoms with van der Waals surface area (Å²) >= 11 is 0. The van der Waals surface area contributed by atoms with E-state index < -0.39 is 10.6 Å². The number of allylic oxidation sites excluding steroid dienone is 1. The Labute approximate surface area is 85.0 Å². The predicted octanol–water partition coefficient (Wildman–Crippen LogP) is 1.12. The summed E-state index contributed by atoms with van der Waals surface area (Å²) in [6.45, 7) is 0. The van der Waals surface area contributed by atoms with Crippen LogP contribution < -0.4 is 5.32 Å². The first-order chi connectivity index (χ1) is 7.13. The quantitative estimate of drug-likeness (QED) is 0.335. The van der Waals surface area contributed by atoms with Crippen molar-refractivity contribution < 1.29 is 14.8 Å². The molecule has 6 nitrogen and oxygen atoms in total. The number of rotatable bonds is 4. The summed E-state index contributed by atoms with van der Waals surface area (Å²) in [6.07, 6.45) is 1.09. The Morgan fingerprint density at radius 2 is 2.27 bits per heavy atom. The molecule has 15 heavy (non-hydrogen) atoms. The second-order valence-corrected chi connectivity index (χ2v) is 2.64. The van der Waals surface area contributed by atoms with E-state index >= 15 is 0 Å². The standard InChI is InChI=1S/C9H8N2O4/c12-6-8(11(14)15)5-10-7-2-1-3-9(13)4-7/h1-6,10,13H. The van der Waals surface area contributed by atoms with E-state index in [0.717, 1.165) is 6.20 Å². The molecule has 1 rings (SSSR count). The minimum atomic E-state index is -0.803. The van der Waals surface area contributed by atoms with Gasteiger partial charge in [-0.25, -0.2) is 0 Å². The van der Waals surface area contributed by atoms with Gasteiger partial charge in [0.05, 0.1) is 11.1 Å². The zero-order valence-electron chi connectivity index (χ0n) is 7.58. The predicted molar refractivity (Wildman–Crippen MR) is 52.9 cm³/mol. The Morgan fingerprint density at radius 1 is 1.53 bits per heavy atom. The van der Waals surface area contributed by atoms with Gasteiger partial charge in [-0.1, -0.05) is 6.07 Å². The summed E-state index contributed by atoms with van der Waals surface area (Å²) in [5.41, 5.74) is -0.130. The van der Waals surface area contributed by atoms with E-state index in [-0.39, 0.29) is 12.0 Å². The lowest BCUT2D eigenvalue weighted by atomic mass is 10.3. The molecule has 0 spiro atoms. The van der Waals surface area contributed by atoms with Gasteiger partial charge in [-0.2, -0.15) is 0 Å². The van der Waals surface area contributed by atoms with Gasteiger partial charge >= 0.3 is 5.70 Å². The summed E-state index contributed by atoms with van der Waals surface area (Å²) in [5.74, 6) is 0.0298. The first-order valence-corrected chi connectivity index (χ1v) is 3.99. The molecule has 2 N–H and O–H groups in total. The maximum Gasteiger partial charge on any atom is 0.324 e. The fourth-order valence-corrected chi connectivity index (χ4v) is 0.883. The van der Waals surface area contributed by atoms with Crippen LogP contribution in [-0.2, 0) is 4.79 Å². The minimum absolute atomic E-state index is 0.0298. The summed E-state index contributed by atoms with van der Waals surface area (Å²) in [7, 11) is 0. The third-order valence-electron chi connectivity index (χ3n) is 1.56. The molecular weight excluding hydrogens is 200 g/mol. The molecule has 0 aliphatic heterocycles. The summed E-state index contributed by atoms with van der Waals surface area (Å²) < 4.78 is 0. The highest BCUT2D eigenvalue weighted by Crippen LogP contribution is 2.15. The zero-order chi connectivity index (χ0) is 11.3. The number of carbonyl (C=O) groups is 1. The van der Waals surface area contributed by atoms with Crippen molar-refractivity contribution in [3.8, 4) is 5.75 Å². The number of aldehydes is 1. The van der Waals surface area contributed by atoms with Crippen LogP contribution in [0.4, 0.5) is 5.69 Å². The summed E-state index contributed by atoms with van der Waals surface area (Å²) in [4.78, 5) is 19.7. The minimum Gasteiger partial charge on any atom is -0.508 e. The number of carbonyl (C=O) groups excluding carboxylic acids is 1. The van der Waals surface area contributed by atoms with Crippen LogP contribution in [0, 0.1) is 10.1 Å². The summed E-state index contributed by atoms with van der Waals surface area (Å²) in [6, 6.07) is 6.00. The number of nitrogens with one attached hydrogen (secondary N) is 1. The summed E-state index contributed by atoms with van der Waals surface area (Å²) in [5, 5.41) is 21.8. The average Bonchev–Trinajstić information content (AvgIpc) is 2.18. The van der Waals surface area contributed by atoms with Crippen molar-refractivity contribution in [2.45, 2.75) is 0 Å². The van der Waals surface area contributed by atoms with E-state index in [1.165, 1.54) is 12.1 Å². The molecule has 0 bridgehead atoms. The van der Waals surface area contributed by atoms with E-state index in [1.54, 1.807) is 12.1 Å². The molecule has 0 atom stereocenters. The van der Waals surface area contributed by atoms with Gasteiger partial charge in [0.2, 0.25) is 6.29 Å². The molecule has 1 aromatic carbocycles. The van der Waals surface area contributed by atoms with Crippen molar-refractivity contribution in [3.05, 3.63) is 46.3 Å². The average molecular weight is 208 g/mol. The fourth-order valence-electron chi connectivity index (χ4n) is 0.883. The van der Waals surface area contributed by atoms with Crippen LogP contribution in [0.5, 0.6) is 5.75 Å². The van der Waals surface area contributed by atoms with E-state index in [0.29, 0.717) is 5.69 Å². The van der Waals surface area contributed by atoms with Crippen molar-refractivity contribution >= 4 is 12.0 Å². The number of nitro groups is 1. The van der Waals surface area contributed by atoms with Gasteiger partial charge in [0.25, 0.3) is 0 Å². The van der Waals surface area contributed by atoms with Crippen LogP contribution in [0.25, 0.3) is 0 Å². The molecule has 0 saturated heterocycles. The lowest BCUT2D eigenvalue weighted by Crippen LogP contribution is -2.02. The molecule has 0 fully saturated rings. The van der Waals surface area contributed by atoms with Gasteiger partial charge < -0.3 is 10.4 Å². The molecular formula is C9H8N2O4. The molecule has 0 saturated carbocycles. The second kappa shape index (κ2) is 4.75. The number of anilines is 1. The first-order valence-electron chi connectivity index (χ1n) is 3.99. The Balaban J connectivity index is 2.78. The highest BCUT2D eigenvalue weighted by Gasteiger charge is 2.07. The molecule has 0 aliphatic carbocycles. The Morgan fingerprint density at radius 3 is 2.80 bits per heavy atom. The van der Waals surface area contributed by atoms with Crippen molar-refractivity contribution in [2.24, 2.45) is 0 Å². The third kappa shape index (κ3) is 3.11. The number of phenols is 1. The second-order valence-electron chi connectivity index (χ2n) is 2.64. The van der Waals surface area contributed by atoms with Gasteiger partial charge in [0, 0.05) is 11.8 Å². The fraction of sp³-hybridized carbons (Fsp3) is 0. The Bertz CT molecular complexity index is 414. The van der Waals surface area contributed by atoms with E-state index in [4.69, 9.17) is 5.11 Å². The van der Waals surface area contributed by atoms with Gasteiger partial charge in [0.15, 0.2) is 0 Å². The van der Waals surface area contributed by atoms with Gasteiger partial charge in [-0.3, -0.25) is 14.9 Å². The van der Waals surface area contributed by atoms with Crippen molar-refractivity contribution in [1.29, 1.82) is 0 Å². The van der Waals surface area contributed by atoms with Crippen LogP contribution >= 0.6 is 0 Å². The Kier molecular flexibility index (Phi) is 3.39. The monoisotopic (exact) mass is 208 g/mol. The molecule has 0 aliphatic rings. The van der Waals surface area contributed by atoms with Crippen molar-refractivity contribution in [3.63, 3.8) is 0 Å². The van der Waals surface area contributed by atoms with Crippen LogP contribution in [0.1, 0.15) is 0 Å². The number of phenolic OH excluding ortho intramolecular Hbond substituents is 1. The van der Waals surface area contributed by atoms with E-state index in [1.807, 2.05) is 0 Å². The normalized spacial score (nSPS) is 10.8. The largest absolute Gasteiger partial charge is 0.508 e. The van der Waals surface area contributed by atoms with Gasteiger partial charge in [-0.15, -0.1) is 0 Å². The molecule has 0 heterocycles. The van der Waals surface area contributed by atoms with Crippen LogP contribution in [0.15, 0.2) is 36.2 Å². The van der Waals surface area contributed by atoms with Gasteiger partial charge in [-0.05, 0) is 12.1 Å². The molecule has 0 amide bonds. The SMILES string of the molecule is O=CC(=CNc1cccc(O)c1)[N+](=O)[O-]. The maximum atomic E-state index is 10.2. The molecule has 0 radical (unpaired) electrons. The zero-order valence-corrected chi connectivity index (χ0v) is 7.58. The van der Waals surface area contributed by atoms with Crippen LogP contribution in [-0.4, -0.2) is 16.3 Å². The van der Waals surface area contributed by atoms with Crippen molar-refractivity contribution in [2.75, 3.05) is 5.32 Å². The lowest BCUT2D eigenvalue weighted by molar-refractivity contribution is -0.417. The Hall–Kier alpha value is -2.37. The smallest absolute Gasteiger partial charge is 0.324 e. The van der Waals surface area contributed by atoms with Gasteiger partial charge in [0.1, 0.15) is 5.75 Å². The number of hydrogen-bond donors (Lipinski definition) is 2. The van der Waals surface area contributed by atoms with E-state index in [9.17, 15) is 14.9 Å². The first kappa shape index (κ1) is 10.7. The maximum absolute atomic E-state index is 10.2. The number of nitrogens with zero attached hydrogens (tertiary/aromatic N) is 1. The highest BCUT2D eigenvalue weighted by atomic mass is 16.6. The third-order valence-corrected chi connectivity index (χ3v) is 1.56. The number of hydrogen-bond acceptors (Lipinski definition) is 5. The molecule has 0 aromatic heterocycles. The number of aromatic hydroxyl groups is 1. The molecule has 78 valence electrons.